The molecule has 1 aliphatic heterocycles. The standard InChI is InChI=1S/C12H16N6O/c1-8-7-13-10-9(14-8)11(19)16-12(15-10)18-5-3-17(2)4-6-18/h7H,3-6H2,1-2H3,(H,13,15,16,19). The average molecular weight is 260 g/mol. The van der Waals surface area contributed by atoms with Crippen LogP contribution in [0, 0.1) is 6.92 Å². The van der Waals surface area contributed by atoms with Gasteiger partial charge in [-0.05, 0) is 14.0 Å². The fourth-order valence-corrected chi connectivity index (χ4v) is 2.16. The summed E-state index contributed by atoms with van der Waals surface area (Å²) in [5.41, 5.74) is 1.20. The first-order valence-electron chi connectivity index (χ1n) is 6.30. The molecule has 7 heteroatoms. The molecular weight excluding hydrogens is 244 g/mol. The van der Waals surface area contributed by atoms with E-state index in [4.69, 9.17) is 0 Å². The van der Waals surface area contributed by atoms with E-state index >= 15 is 0 Å². The zero-order valence-corrected chi connectivity index (χ0v) is 11.1. The van der Waals surface area contributed by atoms with Crippen molar-refractivity contribution in [2.24, 2.45) is 0 Å². The number of nitrogens with zero attached hydrogens (tertiary/aromatic N) is 5. The number of aromatic amines is 1. The molecule has 1 N–H and O–H groups in total. The lowest BCUT2D eigenvalue weighted by Crippen LogP contribution is -2.45. The zero-order valence-electron chi connectivity index (χ0n) is 11.1. The molecule has 0 aromatic carbocycles. The van der Waals surface area contributed by atoms with Crippen LogP contribution in [0.15, 0.2) is 11.0 Å². The van der Waals surface area contributed by atoms with E-state index in [0.717, 1.165) is 26.2 Å². The Bertz CT molecular complexity index is 659. The molecular formula is C12H16N6O. The van der Waals surface area contributed by atoms with E-state index in [-0.39, 0.29) is 5.56 Å². The van der Waals surface area contributed by atoms with Crippen molar-refractivity contribution in [3.63, 3.8) is 0 Å². The van der Waals surface area contributed by atoms with E-state index in [1.807, 2.05) is 0 Å². The molecule has 0 atom stereocenters. The summed E-state index contributed by atoms with van der Waals surface area (Å²) in [6.45, 7) is 5.43. The molecule has 0 spiro atoms. The van der Waals surface area contributed by atoms with Crippen LogP contribution in [0.5, 0.6) is 0 Å². The average Bonchev–Trinajstić information content (AvgIpc) is 2.40. The summed E-state index contributed by atoms with van der Waals surface area (Å²) in [6, 6.07) is 0. The van der Waals surface area contributed by atoms with Crippen molar-refractivity contribution < 1.29 is 0 Å². The Morgan fingerprint density at radius 3 is 2.68 bits per heavy atom. The van der Waals surface area contributed by atoms with Crippen LogP contribution in [0.4, 0.5) is 5.95 Å². The van der Waals surface area contributed by atoms with Crippen LogP contribution in [-0.2, 0) is 0 Å². The van der Waals surface area contributed by atoms with Crippen molar-refractivity contribution in [2.75, 3.05) is 38.1 Å². The monoisotopic (exact) mass is 260 g/mol. The van der Waals surface area contributed by atoms with Crippen LogP contribution in [0.25, 0.3) is 11.2 Å². The molecule has 2 aromatic rings. The van der Waals surface area contributed by atoms with Crippen LogP contribution in [0.3, 0.4) is 0 Å². The second-order valence-corrected chi connectivity index (χ2v) is 4.86. The van der Waals surface area contributed by atoms with Crippen molar-refractivity contribution >= 4 is 17.1 Å². The number of piperazine rings is 1. The van der Waals surface area contributed by atoms with Crippen LogP contribution in [0.2, 0.25) is 0 Å². The van der Waals surface area contributed by atoms with Gasteiger partial charge in [-0.25, -0.2) is 9.97 Å². The number of aromatic nitrogens is 4. The first-order valence-corrected chi connectivity index (χ1v) is 6.30. The van der Waals surface area contributed by atoms with Gasteiger partial charge in [-0.15, -0.1) is 0 Å². The first kappa shape index (κ1) is 12.0. The Balaban J connectivity index is 2.01. The molecule has 7 nitrogen and oxygen atoms in total. The summed E-state index contributed by atoms with van der Waals surface area (Å²) in [7, 11) is 2.09. The molecule has 0 saturated carbocycles. The number of aryl methyl sites for hydroxylation is 1. The SMILES string of the molecule is Cc1cnc2nc(N3CCN(C)CC3)[nH]c(=O)c2n1. The van der Waals surface area contributed by atoms with Crippen LogP contribution in [0.1, 0.15) is 5.69 Å². The van der Waals surface area contributed by atoms with E-state index in [1.54, 1.807) is 13.1 Å². The Morgan fingerprint density at radius 1 is 1.21 bits per heavy atom. The van der Waals surface area contributed by atoms with Crippen LogP contribution < -0.4 is 10.5 Å². The minimum Gasteiger partial charge on any atom is -0.340 e. The highest BCUT2D eigenvalue weighted by Crippen LogP contribution is 2.11. The van der Waals surface area contributed by atoms with Gasteiger partial charge in [0.25, 0.3) is 5.56 Å². The summed E-state index contributed by atoms with van der Waals surface area (Å²) in [6.07, 6.45) is 1.63. The van der Waals surface area contributed by atoms with Crippen molar-refractivity contribution in [1.29, 1.82) is 0 Å². The lowest BCUT2D eigenvalue weighted by atomic mass is 10.3. The molecule has 0 bridgehead atoms. The normalized spacial score (nSPS) is 17.1. The van der Waals surface area contributed by atoms with E-state index in [9.17, 15) is 4.79 Å². The molecule has 0 unspecified atom stereocenters. The summed E-state index contributed by atoms with van der Waals surface area (Å²) in [4.78, 5) is 31.9. The fraction of sp³-hybridized carbons (Fsp3) is 0.500. The van der Waals surface area contributed by atoms with Gasteiger partial charge in [0.05, 0.1) is 11.9 Å². The van der Waals surface area contributed by atoms with Gasteiger partial charge in [-0.3, -0.25) is 9.78 Å². The third kappa shape index (κ3) is 2.28. The predicted molar refractivity (Wildman–Crippen MR) is 72.4 cm³/mol. The molecule has 3 heterocycles. The second-order valence-electron chi connectivity index (χ2n) is 4.86. The molecule has 1 fully saturated rings. The zero-order chi connectivity index (χ0) is 13.4. The van der Waals surface area contributed by atoms with Gasteiger partial charge < -0.3 is 9.80 Å². The minimum absolute atomic E-state index is 0.227. The van der Waals surface area contributed by atoms with Gasteiger partial charge in [-0.2, -0.15) is 4.98 Å². The molecule has 1 saturated heterocycles. The summed E-state index contributed by atoms with van der Waals surface area (Å²) in [5, 5.41) is 0. The third-order valence-electron chi connectivity index (χ3n) is 3.33. The van der Waals surface area contributed by atoms with Gasteiger partial charge in [-0.1, -0.05) is 0 Å². The van der Waals surface area contributed by atoms with Gasteiger partial charge in [0.15, 0.2) is 11.2 Å². The largest absolute Gasteiger partial charge is 0.340 e. The van der Waals surface area contributed by atoms with Crippen molar-refractivity contribution in [1.82, 2.24) is 24.8 Å². The Morgan fingerprint density at radius 2 is 1.95 bits per heavy atom. The van der Waals surface area contributed by atoms with E-state index < -0.39 is 0 Å². The molecule has 19 heavy (non-hydrogen) atoms. The highest BCUT2D eigenvalue weighted by atomic mass is 16.1. The number of anilines is 1. The van der Waals surface area contributed by atoms with Gasteiger partial charge in [0.2, 0.25) is 5.95 Å². The summed E-state index contributed by atoms with van der Waals surface area (Å²) >= 11 is 0. The van der Waals surface area contributed by atoms with Crippen molar-refractivity contribution in [3.8, 4) is 0 Å². The van der Waals surface area contributed by atoms with Crippen molar-refractivity contribution in [3.05, 3.63) is 22.2 Å². The maximum atomic E-state index is 12.0. The molecule has 0 amide bonds. The number of likely N-dealkylation sites (N-methyl/N-ethyl adjacent to an activating group) is 1. The Labute approximate surface area is 110 Å². The van der Waals surface area contributed by atoms with Gasteiger partial charge in [0, 0.05) is 26.2 Å². The smallest absolute Gasteiger partial charge is 0.280 e. The number of hydrogen-bond donors (Lipinski definition) is 1. The highest BCUT2D eigenvalue weighted by molar-refractivity contribution is 5.69. The topological polar surface area (TPSA) is 78.0 Å². The van der Waals surface area contributed by atoms with E-state index in [2.05, 4.69) is 36.8 Å². The summed E-state index contributed by atoms with van der Waals surface area (Å²) < 4.78 is 0. The highest BCUT2D eigenvalue weighted by Gasteiger charge is 2.17. The minimum atomic E-state index is -0.227. The molecule has 3 rings (SSSR count). The van der Waals surface area contributed by atoms with Crippen LogP contribution in [-0.4, -0.2) is 58.1 Å². The van der Waals surface area contributed by atoms with E-state index in [0.29, 0.717) is 22.8 Å². The quantitative estimate of drug-likeness (QED) is 0.763. The number of fused-ring (bicyclic) bond motifs is 1. The lowest BCUT2D eigenvalue weighted by molar-refractivity contribution is 0.311. The molecule has 1 aliphatic rings. The first-order chi connectivity index (χ1) is 9.13. The molecule has 0 radical (unpaired) electrons. The van der Waals surface area contributed by atoms with Gasteiger partial charge in [0.1, 0.15) is 0 Å². The maximum absolute atomic E-state index is 12.0. The van der Waals surface area contributed by atoms with E-state index in [1.165, 1.54) is 0 Å². The van der Waals surface area contributed by atoms with Crippen LogP contribution >= 0.6 is 0 Å². The number of rotatable bonds is 1. The third-order valence-corrected chi connectivity index (χ3v) is 3.33. The Kier molecular flexibility index (Phi) is 2.90. The van der Waals surface area contributed by atoms with Crippen molar-refractivity contribution in [2.45, 2.75) is 6.92 Å². The number of hydrogen-bond acceptors (Lipinski definition) is 6. The maximum Gasteiger partial charge on any atom is 0.280 e. The fourth-order valence-electron chi connectivity index (χ4n) is 2.16. The number of nitrogens with one attached hydrogen (secondary N) is 1. The molecule has 2 aromatic heterocycles. The summed E-state index contributed by atoms with van der Waals surface area (Å²) in [5.74, 6) is 0.587. The molecule has 0 aliphatic carbocycles. The second kappa shape index (κ2) is 4.58. The predicted octanol–water partition coefficient (Wildman–Crippen LogP) is -0.227. The molecule has 100 valence electrons. The number of H-pyrrole nitrogens is 1. The lowest BCUT2D eigenvalue weighted by Gasteiger charge is -2.32. The Hall–Kier alpha value is -2.02. The van der Waals surface area contributed by atoms with Gasteiger partial charge >= 0.3 is 0 Å².